The van der Waals surface area contributed by atoms with E-state index in [1.165, 1.54) is 27.4 Å². The molecule has 1 aromatic rings. The van der Waals surface area contributed by atoms with E-state index >= 15 is 0 Å². The Kier molecular flexibility index (Phi) is 6.45. The Morgan fingerprint density at radius 2 is 1.90 bits per heavy atom. The summed E-state index contributed by atoms with van der Waals surface area (Å²) in [5, 5.41) is 2.75. The van der Waals surface area contributed by atoms with Crippen LogP contribution in [0.3, 0.4) is 0 Å². The molecule has 0 atom stereocenters. The van der Waals surface area contributed by atoms with Crippen molar-refractivity contribution in [1.82, 2.24) is 14.1 Å². The number of likely N-dealkylation sites (N-methyl/N-ethyl adjacent to an activating group) is 1. The molecule has 2 saturated heterocycles. The van der Waals surface area contributed by atoms with Crippen molar-refractivity contribution in [3.63, 3.8) is 0 Å². The molecule has 1 aromatic carbocycles. The molecule has 2 heterocycles. The van der Waals surface area contributed by atoms with Crippen LogP contribution in [0, 0.1) is 0 Å². The zero-order chi connectivity index (χ0) is 21.2. The molecule has 3 rings (SSSR count). The highest BCUT2D eigenvalue weighted by atomic mass is 35.5. The maximum absolute atomic E-state index is 12.8. The van der Waals surface area contributed by atoms with E-state index in [9.17, 15) is 22.8 Å². The summed E-state index contributed by atoms with van der Waals surface area (Å²) in [5.74, 6) is -0.628. The van der Waals surface area contributed by atoms with Crippen LogP contribution >= 0.6 is 11.6 Å². The van der Waals surface area contributed by atoms with Crippen molar-refractivity contribution in [2.75, 3.05) is 38.5 Å². The van der Waals surface area contributed by atoms with E-state index in [0.717, 1.165) is 17.7 Å². The molecule has 9 nitrogen and oxygen atoms in total. The average molecular weight is 443 g/mol. The van der Waals surface area contributed by atoms with Gasteiger partial charge in [0.2, 0.25) is 21.8 Å². The minimum absolute atomic E-state index is 0.0323. The number of benzene rings is 1. The van der Waals surface area contributed by atoms with E-state index in [1.807, 2.05) is 0 Å². The van der Waals surface area contributed by atoms with Crippen LogP contribution in [-0.2, 0) is 19.6 Å². The lowest BCUT2D eigenvalue weighted by atomic mass is 10.2. The van der Waals surface area contributed by atoms with Gasteiger partial charge in [-0.3, -0.25) is 14.5 Å². The summed E-state index contributed by atoms with van der Waals surface area (Å²) in [4.78, 5) is 38.2. The summed E-state index contributed by atoms with van der Waals surface area (Å²) < 4.78 is 26.9. The monoisotopic (exact) mass is 442 g/mol. The molecule has 0 aliphatic carbocycles. The van der Waals surface area contributed by atoms with Crippen LogP contribution < -0.4 is 5.32 Å². The average Bonchev–Trinajstić information content (AvgIpc) is 3.28. The third-order valence-corrected chi connectivity index (χ3v) is 7.29. The minimum atomic E-state index is -3.71. The summed E-state index contributed by atoms with van der Waals surface area (Å²) in [6.45, 7) is 1.12. The number of nitrogens with zero attached hydrogens (tertiary/aromatic N) is 3. The van der Waals surface area contributed by atoms with Gasteiger partial charge in [-0.1, -0.05) is 11.6 Å². The fraction of sp³-hybridized carbons (Fsp3) is 0.500. The van der Waals surface area contributed by atoms with Crippen LogP contribution in [0.2, 0.25) is 5.02 Å². The van der Waals surface area contributed by atoms with Gasteiger partial charge in [0.25, 0.3) is 0 Å². The SMILES string of the molecule is CN1CC(=O)N(CCCC(=O)Nc2ccc(Cl)c(S(=O)(=O)N3CCCC3)c2)C1=O. The van der Waals surface area contributed by atoms with Crippen LogP contribution in [0.25, 0.3) is 0 Å². The number of rotatable bonds is 7. The number of sulfonamides is 1. The molecule has 0 unspecified atom stereocenters. The number of anilines is 1. The van der Waals surface area contributed by atoms with Gasteiger partial charge in [0.15, 0.2) is 0 Å². The second-order valence-electron chi connectivity index (χ2n) is 7.09. The highest BCUT2D eigenvalue weighted by molar-refractivity contribution is 7.89. The van der Waals surface area contributed by atoms with E-state index in [1.54, 1.807) is 7.05 Å². The first-order valence-electron chi connectivity index (χ1n) is 9.35. The summed E-state index contributed by atoms with van der Waals surface area (Å²) in [7, 11) is -2.17. The molecule has 0 radical (unpaired) electrons. The van der Waals surface area contributed by atoms with Crippen molar-refractivity contribution in [3.8, 4) is 0 Å². The Morgan fingerprint density at radius 1 is 1.21 bits per heavy atom. The van der Waals surface area contributed by atoms with Crippen molar-refractivity contribution in [2.45, 2.75) is 30.6 Å². The zero-order valence-corrected chi connectivity index (χ0v) is 17.6. The summed E-state index contributed by atoms with van der Waals surface area (Å²) in [5.41, 5.74) is 0.324. The van der Waals surface area contributed by atoms with E-state index in [0.29, 0.717) is 25.2 Å². The smallest absolute Gasteiger partial charge is 0.326 e. The number of halogens is 1. The third-order valence-electron chi connectivity index (χ3n) is 4.91. The van der Waals surface area contributed by atoms with Gasteiger partial charge in [0, 0.05) is 38.8 Å². The quantitative estimate of drug-likeness (QED) is 0.647. The molecule has 158 valence electrons. The van der Waals surface area contributed by atoms with E-state index < -0.39 is 10.0 Å². The van der Waals surface area contributed by atoms with E-state index in [-0.39, 0.29) is 47.3 Å². The number of hydrogen-bond acceptors (Lipinski definition) is 5. The van der Waals surface area contributed by atoms with E-state index in [2.05, 4.69) is 5.32 Å². The van der Waals surface area contributed by atoms with Gasteiger partial charge >= 0.3 is 6.03 Å². The predicted octanol–water partition coefficient (Wildman–Crippen LogP) is 1.74. The van der Waals surface area contributed by atoms with Crippen LogP contribution in [-0.4, -0.2) is 73.6 Å². The molecule has 2 fully saturated rings. The highest BCUT2D eigenvalue weighted by Crippen LogP contribution is 2.29. The number of urea groups is 1. The molecule has 2 aliphatic heterocycles. The van der Waals surface area contributed by atoms with Gasteiger partial charge in [-0.05, 0) is 37.5 Å². The van der Waals surface area contributed by atoms with Crippen LogP contribution in [0.4, 0.5) is 10.5 Å². The van der Waals surface area contributed by atoms with E-state index in [4.69, 9.17) is 11.6 Å². The van der Waals surface area contributed by atoms with Crippen molar-refractivity contribution in [3.05, 3.63) is 23.2 Å². The van der Waals surface area contributed by atoms with Crippen molar-refractivity contribution >= 4 is 45.2 Å². The van der Waals surface area contributed by atoms with Gasteiger partial charge < -0.3 is 10.2 Å². The van der Waals surface area contributed by atoms with Crippen LogP contribution in [0.15, 0.2) is 23.1 Å². The van der Waals surface area contributed by atoms with Gasteiger partial charge in [0.05, 0.1) is 5.02 Å². The topological polar surface area (TPSA) is 107 Å². The fourth-order valence-corrected chi connectivity index (χ4v) is 5.37. The number of carbonyl (C=O) groups excluding carboxylic acids is 3. The fourth-order valence-electron chi connectivity index (χ4n) is 3.36. The third kappa shape index (κ3) is 4.71. The van der Waals surface area contributed by atoms with Crippen molar-refractivity contribution in [2.24, 2.45) is 0 Å². The molecule has 0 saturated carbocycles. The molecule has 11 heteroatoms. The maximum atomic E-state index is 12.8. The van der Waals surface area contributed by atoms with Gasteiger partial charge in [-0.2, -0.15) is 4.31 Å². The summed E-state index contributed by atoms with van der Waals surface area (Å²) in [6.07, 6.45) is 2.01. The molecule has 0 bridgehead atoms. The number of nitrogens with one attached hydrogen (secondary N) is 1. The zero-order valence-electron chi connectivity index (χ0n) is 16.1. The normalized spacial score (nSPS) is 18.0. The van der Waals surface area contributed by atoms with Crippen LogP contribution in [0.5, 0.6) is 0 Å². The van der Waals surface area contributed by atoms with Crippen molar-refractivity contribution < 1.29 is 22.8 Å². The molecule has 0 aromatic heterocycles. The number of amides is 4. The maximum Gasteiger partial charge on any atom is 0.326 e. The molecular formula is C18H23ClN4O5S. The van der Waals surface area contributed by atoms with Crippen molar-refractivity contribution in [1.29, 1.82) is 0 Å². The molecule has 1 N–H and O–H groups in total. The Labute approximate surface area is 174 Å². The molecule has 0 spiro atoms. The Morgan fingerprint density at radius 3 is 2.52 bits per heavy atom. The molecule has 29 heavy (non-hydrogen) atoms. The first kappa shape index (κ1) is 21.5. The van der Waals surface area contributed by atoms with Gasteiger partial charge in [0.1, 0.15) is 11.4 Å². The number of carbonyl (C=O) groups is 3. The standard InChI is InChI=1S/C18H23ClN4O5S/c1-21-12-17(25)23(18(21)26)10-4-5-16(24)20-13-6-7-14(19)15(11-13)29(27,28)22-8-2-3-9-22/h6-7,11H,2-5,8-10,12H2,1H3,(H,20,24). The first-order valence-corrected chi connectivity index (χ1v) is 11.2. The summed E-state index contributed by atoms with van der Waals surface area (Å²) in [6, 6.07) is 3.96. The highest BCUT2D eigenvalue weighted by Gasteiger charge is 2.33. The Bertz CT molecular complexity index is 930. The first-order chi connectivity index (χ1) is 13.7. The predicted molar refractivity (Wildman–Crippen MR) is 107 cm³/mol. The van der Waals surface area contributed by atoms with Gasteiger partial charge in [-0.25, -0.2) is 13.2 Å². The molecule has 2 aliphatic rings. The lowest BCUT2D eigenvalue weighted by molar-refractivity contribution is -0.125. The molecular weight excluding hydrogens is 420 g/mol. The lowest BCUT2D eigenvalue weighted by Gasteiger charge is -2.17. The second kappa shape index (κ2) is 8.68. The summed E-state index contributed by atoms with van der Waals surface area (Å²) >= 11 is 6.10. The lowest BCUT2D eigenvalue weighted by Crippen LogP contribution is -2.32. The minimum Gasteiger partial charge on any atom is -0.326 e. The largest absolute Gasteiger partial charge is 0.326 e. The van der Waals surface area contributed by atoms with Gasteiger partial charge in [-0.15, -0.1) is 0 Å². The molecule has 4 amide bonds. The second-order valence-corrected chi connectivity index (χ2v) is 9.41. The number of hydrogen-bond donors (Lipinski definition) is 1. The van der Waals surface area contributed by atoms with Crippen LogP contribution in [0.1, 0.15) is 25.7 Å². The Balaban J connectivity index is 1.59. The number of imide groups is 1. The Hall–Kier alpha value is -2.17.